The van der Waals surface area contributed by atoms with Crippen LogP contribution in [0.25, 0.3) is 21.8 Å². The molecule has 1 aliphatic rings. The minimum Gasteiger partial charge on any atom is -0.406 e. The lowest BCUT2D eigenvalue weighted by Gasteiger charge is -2.36. The number of hydrogen-bond acceptors (Lipinski definition) is 5. The highest BCUT2D eigenvalue weighted by atomic mass is 32.2. The van der Waals surface area contributed by atoms with Crippen LogP contribution < -0.4 is 9.46 Å². The van der Waals surface area contributed by atoms with Gasteiger partial charge in [-0.1, -0.05) is 18.2 Å². The summed E-state index contributed by atoms with van der Waals surface area (Å²) < 4.78 is 71.5. The lowest BCUT2D eigenvalue weighted by Crippen LogP contribution is -2.49. The number of halogens is 3. The number of ether oxygens (including phenoxy) is 1. The van der Waals surface area contributed by atoms with Crippen molar-refractivity contribution in [3.8, 4) is 5.75 Å². The molecular weight excluding hydrogens is 483 g/mol. The van der Waals surface area contributed by atoms with Crippen molar-refractivity contribution in [1.29, 1.82) is 0 Å². The van der Waals surface area contributed by atoms with Gasteiger partial charge in [0.05, 0.1) is 34.8 Å². The van der Waals surface area contributed by atoms with Crippen LogP contribution in [0.1, 0.15) is 25.3 Å². The molecule has 35 heavy (non-hydrogen) atoms. The van der Waals surface area contributed by atoms with Crippen LogP contribution >= 0.6 is 0 Å². The molecule has 0 aliphatic heterocycles. The first-order valence-electron chi connectivity index (χ1n) is 11.0. The predicted octanol–water partition coefficient (Wildman–Crippen LogP) is 4.52. The number of pyridine rings is 1. The maximum absolute atomic E-state index is 13.0. The highest BCUT2D eigenvalue weighted by molar-refractivity contribution is 7.89. The zero-order chi connectivity index (χ0) is 24.8. The van der Waals surface area contributed by atoms with E-state index < -0.39 is 40.3 Å². The molecule has 2 heterocycles. The highest BCUT2D eigenvalue weighted by Gasteiger charge is 2.37. The molecule has 3 atom stereocenters. The normalized spacial score (nSPS) is 21.4. The monoisotopic (exact) mass is 505 g/mol. The Balaban J connectivity index is 1.42. The molecule has 4 aromatic rings. The average molecular weight is 506 g/mol. The second kappa shape index (κ2) is 8.81. The molecule has 184 valence electrons. The summed E-state index contributed by atoms with van der Waals surface area (Å²) in [5, 5.41) is 13.3. The number of aliphatic hydroxyl groups excluding tert-OH is 1. The van der Waals surface area contributed by atoms with Gasteiger partial charge in [0.25, 0.3) is 0 Å². The molecule has 5 rings (SSSR count). The Labute approximate surface area is 199 Å². The fourth-order valence-electron chi connectivity index (χ4n) is 4.86. The zero-order valence-corrected chi connectivity index (χ0v) is 19.1. The second-order valence-corrected chi connectivity index (χ2v) is 10.2. The molecule has 0 saturated heterocycles. The van der Waals surface area contributed by atoms with Gasteiger partial charge in [0, 0.05) is 22.5 Å². The summed E-state index contributed by atoms with van der Waals surface area (Å²) >= 11 is 0. The molecule has 2 N–H and O–H groups in total. The van der Waals surface area contributed by atoms with Gasteiger partial charge in [-0.15, -0.1) is 13.2 Å². The van der Waals surface area contributed by atoms with E-state index in [9.17, 15) is 26.7 Å². The third-order valence-electron chi connectivity index (χ3n) is 6.34. The summed E-state index contributed by atoms with van der Waals surface area (Å²) in [6, 6.07) is 12.5. The molecule has 1 fully saturated rings. The van der Waals surface area contributed by atoms with Crippen LogP contribution in [0.3, 0.4) is 0 Å². The van der Waals surface area contributed by atoms with E-state index >= 15 is 0 Å². The molecule has 1 saturated carbocycles. The van der Waals surface area contributed by atoms with Crippen molar-refractivity contribution in [2.75, 3.05) is 0 Å². The Morgan fingerprint density at radius 2 is 1.71 bits per heavy atom. The zero-order valence-electron chi connectivity index (χ0n) is 18.3. The predicted molar refractivity (Wildman–Crippen MR) is 123 cm³/mol. The first kappa shape index (κ1) is 23.6. The van der Waals surface area contributed by atoms with E-state index in [0.29, 0.717) is 19.3 Å². The highest BCUT2D eigenvalue weighted by Crippen LogP contribution is 2.38. The number of nitrogens with one attached hydrogen (secondary N) is 1. The summed E-state index contributed by atoms with van der Waals surface area (Å²) in [6.45, 7) is 0. The van der Waals surface area contributed by atoms with E-state index in [-0.39, 0.29) is 4.90 Å². The summed E-state index contributed by atoms with van der Waals surface area (Å²) in [6.07, 6.45) is -0.735. The quantitative estimate of drug-likeness (QED) is 0.416. The molecule has 11 heteroatoms. The molecule has 0 unspecified atom stereocenters. The van der Waals surface area contributed by atoms with Crippen molar-refractivity contribution >= 4 is 31.8 Å². The van der Waals surface area contributed by atoms with E-state index in [2.05, 4.69) is 14.4 Å². The van der Waals surface area contributed by atoms with Gasteiger partial charge in [-0.2, -0.15) is 0 Å². The molecule has 0 bridgehead atoms. The topological polar surface area (TPSA) is 93.5 Å². The number of fused-ring (bicyclic) bond motifs is 3. The first-order valence-corrected chi connectivity index (χ1v) is 12.5. The third-order valence-corrected chi connectivity index (χ3v) is 7.85. The van der Waals surface area contributed by atoms with Gasteiger partial charge >= 0.3 is 6.36 Å². The summed E-state index contributed by atoms with van der Waals surface area (Å²) in [5.74, 6) is -0.519. The van der Waals surface area contributed by atoms with Crippen molar-refractivity contribution in [2.24, 2.45) is 0 Å². The lowest BCUT2D eigenvalue weighted by molar-refractivity contribution is -0.274. The average Bonchev–Trinajstić information content (AvgIpc) is 3.14. The van der Waals surface area contributed by atoms with E-state index in [1.165, 1.54) is 0 Å². The smallest absolute Gasteiger partial charge is 0.406 e. The number of para-hydroxylation sites is 1. The fourth-order valence-corrected chi connectivity index (χ4v) is 6.15. The summed E-state index contributed by atoms with van der Waals surface area (Å²) in [7, 11) is -4.10. The van der Waals surface area contributed by atoms with Crippen LogP contribution in [0.4, 0.5) is 13.2 Å². The number of alkyl halides is 3. The van der Waals surface area contributed by atoms with Crippen molar-refractivity contribution in [2.45, 2.75) is 48.7 Å². The van der Waals surface area contributed by atoms with Gasteiger partial charge in [-0.3, -0.25) is 4.98 Å². The van der Waals surface area contributed by atoms with Crippen LogP contribution in [0.2, 0.25) is 0 Å². The van der Waals surface area contributed by atoms with Gasteiger partial charge in [0.1, 0.15) is 5.75 Å². The minimum absolute atomic E-state index is 0.220. The Hall–Kier alpha value is -3.15. The van der Waals surface area contributed by atoms with Crippen molar-refractivity contribution in [3.63, 3.8) is 0 Å². The minimum atomic E-state index is -4.87. The van der Waals surface area contributed by atoms with Crippen molar-refractivity contribution in [3.05, 3.63) is 67.0 Å². The standard InChI is InChI=1S/C24H22F3N3O4S/c25-24(26,27)34-15-8-10-16(11-9-15)35(32,33)29-19-5-3-7-21(23(19)31)30-20-6-2-1-4-17(20)18-12-13-28-14-22(18)30/h1-2,4,6,8-14,19,21,23,29,31H,3,5,7H2/t19-,21+,23+/m0/s1. The van der Waals surface area contributed by atoms with E-state index in [4.69, 9.17) is 0 Å². The Bertz CT molecular complexity index is 1420. The molecular formula is C24H22F3N3O4S. The summed E-state index contributed by atoms with van der Waals surface area (Å²) in [5.41, 5.74) is 1.77. The SMILES string of the molecule is O=S(=O)(N[C@H]1CCC[C@@H](n2c3ccccc3c3ccncc32)[C@@H]1O)c1ccc(OC(F)(F)F)cc1. The maximum atomic E-state index is 13.0. The van der Waals surface area contributed by atoms with Gasteiger partial charge in [0.15, 0.2) is 0 Å². The van der Waals surface area contributed by atoms with Gasteiger partial charge in [0.2, 0.25) is 10.0 Å². The van der Waals surface area contributed by atoms with Gasteiger partial charge < -0.3 is 14.4 Å². The number of benzene rings is 2. The largest absolute Gasteiger partial charge is 0.573 e. The Kier molecular flexibility index (Phi) is 5.94. The molecule has 7 nitrogen and oxygen atoms in total. The molecule has 0 spiro atoms. The van der Waals surface area contributed by atoms with E-state index in [1.54, 1.807) is 12.4 Å². The van der Waals surface area contributed by atoms with Crippen LogP contribution in [0.15, 0.2) is 71.9 Å². The van der Waals surface area contributed by atoms with Crippen LogP contribution in [0.5, 0.6) is 5.75 Å². The van der Waals surface area contributed by atoms with E-state index in [0.717, 1.165) is 46.1 Å². The number of aliphatic hydroxyl groups is 1. The van der Waals surface area contributed by atoms with E-state index in [1.807, 2.05) is 34.9 Å². The fraction of sp³-hybridized carbons (Fsp3) is 0.292. The number of sulfonamides is 1. The van der Waals surface area contributed by atoms with Crippen LogP contribution in [0, 0.1) is 0 Å². The second-order valence-electron chi connectivity index (χ2n) is 8.52. The van der Waals surface area contributed by atoms with Crippen LogP contribution in [-0.2, 0) is 10.0 Å². The van der Waals surface area contributed by atoms with Gasteiger partial charge in [-0.25, -0.2) is 13.1 Å². The number of rotatable bonds is 5. The molecule has 2 aromatic carbocycles. The first-order chi connectivity index (χ1) is 16.6. The molecule has 2 aromatic heterocycles. The number of hydrogen-bond donors (Lipinski definition) is 2. The number of aromatic nitrogens is 2. The number of nitrogens with zero attached hydrogens (tertiary/aromatic N) is 2. The summed E-state index contributed by atoms with van der Waals surface area (Å²) in [4.78, 5) is 4.02. The van der Waals surface area contributed by atoms with Crippen molar-refractivity contribution in [1.82, 2.24) is 14.3 Å². The molecule has 1 aliphatic carbocycles. The Morgan fingerprint density at radius 3 is 2.46 bits per heavy atom. The molecule has 0 radical (unpaired) electrons. The van der Waals surface area contributed by atoms with Gasteiger partial charge in [-0.05, 0) is 55.7 Å². The maximum Gasteiger partial charge on any atom is 0.573 e. The third kappa shape index (κ3) is 4.58. The lowest BCUT2D eigenvalue weighted by atomic mass is 9.88. The van der Waals surface area contributed by atoms with Crippen LogP contribution in [-0.4, -0.2) is 41.6 Å². The Morgan fingerprint density at radius 1 is 1.00 bits per heavy atom. The molecule has 0 amide bonds. The van der Waals surface area contributed by atoms with Crippen molar-refractivity contribution < 1.29 is 31.4 Å².